The number of unbranched alkanes of at least 4 members (excludes halogenated alkanes) is 3. The Bertz CT molecular complexity index is 765. The molecule has 0 saturated carbocycles. The molecule has 0 heterocycles. The van der Waals surface area contributed by atoms with Gasteiger partial charge in [-0.2, -0.15) is 0 Å². The Labute approximate surface area is 195 Å². The lowest BCUT2D eigenvalue weighted by atomic mass is 9.74. The predicted octanol–water partition coefficient (Wildman–Crippen LogP) is 7.48. The third-order valence-corrected chi connectivity index (χ3v) is 5.81. The third kappa shape index (κ3) is 8.20. The molecule has 0 aromatic heterocycles. The summed E-state index contributed by atoms with van der Waals surface area (Å²) in [5.74, 6) is 1.52. The van der Waals surface area contributed by atoms with Crippen molar-refractivity contribution >= 4 is 0 Å². The van der Waals surface area contributed by atoms with Crippen molar-refractivity contribution in [3.8, 4) is 0 Å². The van der Waals surface area contributed by atoms with Crippen molar-refractivity contribution < 1.29 is 14.2 Å². The van der Waals surface area contributed by atoms with Gasteiger partial charge in [-0.25, -0.2) is 0 Å². The fourth-order valence-corrected chi connectivity index (χ4v) is 4.04. The summed E-state index contributed by atoms with van der Waals surface area (Å²) in [5.41, 5.74) is 2.04. The van der Waals surface area contributed by atoms with Gasteiger partial charge in [-0.1, -0.05) is 93.1 Å². The number of ether oxygens (including phenoxy) is 3. The van der Waals surface area contributed by atoms with Gasteiger partial charge in [-0.05, 0) is 44.2 Å². The molecule has 0 N–H and O–H groups in total. The molecule has 0 aliphatic heterocycles. The third-order valence-electron chi connectivity index (χ3n) is 5.81. The molecule has 0 radical (unpaired) electrons. The SMILES string of the molecule is C=C(OCC)C(CCCCCCOCc1ccccc1)(Cc1ccccc1)C(=C)OCC. The lowest BCUT2D eigenvalue weighted by Gasteiger charge is -2.36. The average molecular weight is 437 g/mol. The van der Waals surface area contributed by atoms with E-state index in [1.165, 1.54) is 11.1 Å². The molecule has 0 amide bonds. The minimum absolute atomic E-state index is 0.419. The second-order valence-corrected chi connectivity index (χ2v) is 8.16. The summed E-state index contributed by atoms with van der Waals surface area (Å²) in [7, 11) is 0. The van der Waals surface area contributed by atoms with Gasteiger partial charge >= 0.3 is 0 Å². The van der Waals surface area contributed by atoms with E-state index in [0.717, 1.165) is 56.7 Å². The molecule has 0 aliphatic rings. The van der Waals surface area contributed by atoms with Crippen molar-refractivity contribution in [3.05, 3.63) is 96.5 Å². The maximum absolute atomic E-state index is 5.94. The molecular formula is C29H40O3. The summed E-state index contributed by atoms with van der Waals surface area (Å²) in [6, 6.07) is 20.8. The fourth-order valence-electron chi connectivity index (χ4n) is 4.04. The van der Waals surface area contributed by atoms with Crippen LogP contribution in [0.1, 0.15) is 57.1 Å². The second kappa shape index (κ2) is 14.5. The smallest absolute Gasteiger partial charge is 0.103 e. The second-order valence-electron chi connectivity index (χ2n) is 8.16. The van der Waals surface area contributed by atoms with Crippen LogP contribution in [0, 0.1) is 5.41 Å². The van der Waals surface area contributed by atoms with E-state index in [1.54, 1.807) is 0 Å². The van der Waals surface area contributed by atoms with Crippen molar-refractivity contribution in [1.82, 2.24) is 0 Å². The van der Waals surface area contributed by atoms with Crippen LogP contribution in [-0.2, 0) is 27.2 Å². The van der Waals surface area contributed by atoms with Crippen LogP contribution >= 0.6 is 0 Å². The maximum atomic E-state index is 5.94. The zero-order valence-electron chi connectivity index (χ0n) is 20.0. The first kappa shape index (κ1) is 25.7. The Kier molecular flexibility index (Phi) is 11.7. The monoisotopic (exact) mass is 436 g/mol. The summed E-state index contributed by atoms with van der Waals surface area (Å²) in [4.78, 5) is 0. The van der Waals surface area contributed by atoms with E-state index in [0.29, 0.717) is 19.8 Å². The number of benzene rings is 2. The molecule has 2 rings (SSSR count). The predicted molar refractivity (Wildman–Crippen MR) is 133 cm³/mol. The summed E-state index contributed by atoms with van der Waals surface area (Å²) in [6.45, 7) is 15.3. The Morgan fingerprint density at radius 1 is 0.719 bits per heavy atom. The van der Waals surface area contributed by atoms with Gasteiger partial charge in [-0.3, -0.25) is 0 Å². The Morgan fingerprint density at radius 2 is 1.25 bits per heavy atom. The van der Waals surface area contributed by atoms with Gasteiger partial charge in [-0.15, -0.1) is 0 Å². The molecule has 174 valence electrons. The summed E-state index contributed by atoms with van der Waals surface area (Å²) in [5, 5.41) is 0. The van der Waals surface area contributed by atoms with E-state index in [4.69, 9.17) is 14.2 Å². The number of rotatable bonds is 17. The normalized spacial score (nSPS) is 11.2. The van der Waals surface area contributed by atoms with Crippen molar-refractivity contribution in [2.75, 3.05) is 19.8 Å². The van der Waals surface area contributed by atoms with E-state index >= 15 is 0 Å². The van der Waals surface area contributed by atoms with Crippen LogP contribution in [0.2, 0.25) is 0 Å². The molecule has 0 fully saturated rings. The molecule has 3 heteroatoms. The van der Waals surface area contributed by atoms with Crippen LogP contribution in [0.5, 0.6) is 0 Å². The largest absolute Gasteiger partial charge is 0.498 e. The van der Waals surface area contributed by atoms with Crippen LogP contribution in [0.3, 0.4) is 0 Å². The molecule has 0 atom stereocenters. The topological polar surface area (TPSA) is 27.7 Å². The van der Waals surface area contributed by atoms with E-state index in [2.05, 4.69) is 49.6 Å². The average Bonchev–Trinajstić information content (AvgIpc) is 2.81. The van der Waals surface area contributed by atoms with E-state index in [1.807, 2.05) is 38.1 Å². The van der Waals surface area contributed by atoms with Crippen molar-refractivity contribution in [1.29, 1.82) is 0 Å². The quantitative estimate of drug-likeness (QED) is 0.190. The molecular weight excluding hydrogens is 396 g/mol. The Hall–Kier alpha value is -2.52. The van der Waals surface area contributed by atoms with Gasteiger partial charge in [0.05, 0.1) is 25.2 Å². The molecule has 3 nitrogen and oxygen atoms in total. The van der Waals surface area contributed by atoms with Gasteiger partial charge in [0, 0.05) is 6.61 Å². The van der Waals surface area contributed by atoms with Gasteiger partial charge < -0.3 is 14.2 Å². The molecule has 0 bridgehead atoms. The first-order valence-corrected chi connectivity index (χ1v) is 11.9. The molecule has 0 spiro atoms. The minimum Gasteiger partial charge on any atom is -0.498 e. The van der Waals surface area contributed by atoms with E-state index in [9.17, 15) is 0 Å². The lowest BCUT2D eigenvalue weighted by molar-refractivity contribution is 0.0836. The van der Waals surface area contributed by atoms with E-state index < -0.39 is 5.41 Å². The zero-order chi connectivity index (χ0) is 23.1. The van der Waals surface area contributed by atoms with E-state index in [-0.39, 0.29) is 0 Å². The summed E-state index contributed by atoms with van der Waals surface area (Å²) >= 11 is 0. The van der Waals surface area contributed by atoms with Gasteiger partial charge in [0.2, 0.25) is 0 Å². The van der Waals surface area contributed by atoms with Crippen LogP contribution in [0.15, 0.2) is 85.3 Å². The molecule has 32 heavy (non-hydrogen) atoms. The molecule has 2 aromatic rings. The molecule has 0 aliphatic carbocycles. The van der Waals surface area contributed by atoms with Crippen molar-refractivity contribution in [2.45, 2.75) is 59.0 Å². The Balaban J connectivity index is 1.90. The van der Waals surface area contributed by atoms with Gasteiger partial charge in [0.15, 0.2) is 0 Å². The molecule has 0 saturated heterocycles. The first-order valence-electron chi connectivity index (χ1n) is 11.9. The lowest BCUT2D eigenvalue weighted by Crippen LogP contribution is -2.31. The molecule has 0 unspecified atom stereocenters. The maximum Gasteiger partial charge on any atom is 0.103 e. The minimum atomic E-state index is -0.419. The number of hydrogen-bond acceptors (Lipinski definition) is 3. The summed E-state index contributed by atoms with van der Waals surface area (Å²) in [6.07, 6.45) is 6.08. The first-order chi connectivity index (χ1) is 15.6. The zero-order valence-corrected chi connectivity index (χ0v) is 20.0. The highest BCUT2D eigenvalue weighted by Crippen LogP contribution is 2.43. The van der Waals surface area contributed by atoms with Gasteiger partial charge in [0.1, 0.15) is 11.5 Å². The molecule has 2 aromatic carbocycles. The van der Waals surface area contributed by atoms with Crippen molar-refractivity contribution in [3.63, 3.8) is 0 Å². The van der Waals surface area contributed by atoms with Gasteiger partial charge in [0.25, 0.3) is 0 Å². The Morgan fingerprint density at radius 3 is 1.81 bits per heavy atom. The van der Waals surface area contributed by atoms with Crippen LogP contribution in [0.25, 0.3) is 0 Å². The fraction of sp³-hybridized carbons (Fsp3) is 0.448. The highest BCUT2D eigenvalue weighted by Gasteiger charge is 2.39. The summed E-state index contributed by atoms with van der Waals surface area (Å²) < 4.78 is 17.7. The highest BCUT2D eigenvalue weighted by molar-refractivity contribution is 5.26. The number of hydrogen-bond donors (Lipinski definition) is 0. The van der Waals surface area contributed by atoms with Crippen LogP contribution in [-0.4, -0.2) is 19.8 Å². The van der Waals surface area contributed by atoms with Crippen LogP contribution < -0.4 is 0 Å². The highest BCUT2D eigenvalue weighted by atomic mass is 16.5. The van der Waals surface area contributed by atoms with Crippen LogP contribution in [0.4, 0.5) is 0 Å². The standard InChI is InChI=1S/C29H40O3/c1-5-31-25(3)29(26(4)32-6-2,23-27-17-11-9-12-18-27)21-15-7-8-16-22-30-24-28-19-13-10-14-20-28/h9-14,17-20H,3-8,15-16,21-24H2,1-2H3. The van der Waals surface area contributed by atoms with Crippen molar-refractivity contribution in [2.24, 2.45) is 5.41 Å².